The summed E-state index contributed by atoms with van der Waals surface area (Å²) in [5.41, 5.74) is 0.730. The molecule has 1 saturated carbocycles. The van der Waals surface area contributed by atoms with Gasteiger partial charge in [-0.2, -0.15) is 0 Å². The minimum Gasteiger partial charge on any atom is -0.480 e. The Morgan fingerprint density at radius 1 is 1.07 bits per heavy atom. The topological polar surface area (TPSA) is 77.9 Å². The van der Waals surface area contributed by atoms with Crippen molar-refractivity contribution < 1.29 is 19.5 Å². The molecule has 3 fully saturated rings. The number of hydrogen-bond donors (Lipinski definition) is 1. The Balaban J connectivity index is 1.43. The van der Waals surface area contributed by atoms with Crippen LogP contribution in [-0.4, -0.2) is 58.4 Å². The number of carbonyl (C=O) groups is 3. The van der Waals surface area contributed by atoms with E-state index in [-0.39, 0.29) is 29.6 Å². The van der Waals surface area contributed by atoms with Gasteiger partial charge in [0.2, 0.25) is 11.8 Å². The molecule has 27 heavy (non-hydrogen) atoms. The Morgan fingerprint density at radius 2 is 1.74 bits per heavy atom. The Kier molecular flexibility index (Phi) is 4.66. The fourth-order valence-electron chi connectivity index (χ4n) is 4.56. The number of nitrogens with zero attached hydrogens (tertiary/aromatic N) is 2. The lowest BCUT2D eigenvalue weighted by atomic mass is 9.76. The highest BCUT2D eigenvalue weighted by Crippen LogP contribution is 2.44. The smallest absolute Gasteiger partial charge is 0.326 e. The standard InChI is InChI=1S/C21H26N2O4/c24-18(12-15-4-2-1-3-5-15)23-14-21(13-17(23)20(26)27)8-10-22(11-9-21)19(25)16-6-7-16/h1-5,16-17H,6-14H2,(H,26,27)/t17-/m1/s1. The number of amides is 2. The maximum atomic E-state index is 12.8. The molecule has 1 aromatic carbocycles. The first kappa shape index (κ1) is 18.0. The first-order chi connectivity index (χ1) is 13.0. The van der Waals surface area contributed by atoms with Crippen molar-refractivity contribution in [3.63, 3.8) is 0 Å². The van der Waals surface area contributed by atoms with E-state index < -0.39 is 12.0 Å². The van der Waals surface area contributed by atoms with Gasteiger partial charge in [-0.05, 0) is 43.1 Å². The molecule has 2 aliphatic heterocycles. The van der Waals surface area contributed by atoms with Gasteiger partial charge in [-0.15, -0.1) is 0 Å². The number of carbonyl (C=O) groups excluding carboxylic acids is 2. The van der Waals surface area contributed by atoms with Crippen LogP contribution in [0.4, 0.5) is 0 Å². The monoisotopic (exact) mass is 370 g/mol. The second-order valence-electron chi connectivity index (χ2n) is 8.34. The first-order valence-corrected chi connectivity index (χ1v) is 9.82. The van der Waals surface area contributed by atoms with Gasteiger partial charge in [0.05, 0.1) is 6.42 Å². The average Bonchev–Trinajstić information content (AvgIpc) is 3.45. The van der Waals surface area contributed by atoms with Crippen LogP contribution in [0.25, 0.3) is 0 Å². The molecule has 1 N–H and O–H groups in total. The second kappa shape index (κ2) is 6.98. The normalized spacial score (nSPS) is 24.2. The fourth-order valence-corrected chi connectivity index (χ4v) is 4.56. The number of carboxylic acids is 1. The van der Waals surface area contributed by atoms with E-state index in [1.807, 2.05) is 35.2 Å². The lowest BCUT2D eigenvalue weighted by molar-refractivity contribution is -0.148. The number of aliphatic carboxylic acids is 1. The van der Waals surface area contributed by atoms with Crippen LogP contribution < -0.4 is 0 Å². The summed E-state index contributed by atoms with van der Waals surface area (Å²) in [5.74, 6) is -0.570. The van der Waals surface area contributed by atoms with Gasteiger partial charge in [0.25, 0.3) is 0 Å². The molecule has 144 valence electrons. The van der Waals surface area contributed by atoms with Gasteiger partial charge < -0.3 is 14.9 Å². The summed E-state index contributed by atoms with van der Waals surface area (Å²) in [4.78, 5) is 40.4. The largest absolute Gasteiger partial charge is 0.480 e. The molecule has 3 aliphatic rings. The zero-order chi connectivity index (χ0) is 19.0. The molecule has 1 spiro atoms. The summed E-state index contributed by atoms with van der Waals surface area (Å²) in [6.45, 7) is 1.85. The van der Waals surface area contributed by atoms with Crippen molar-refractivity contribution in [2.75, 3.05) is 19.6 Å². The summed E-state index contributed by atoms with van der Waals surface area (Å²) in [6, 6.07) is 8.69. The summed E-state index contributed by atoms with van der Waals surface area (Å²) in [5, 5.41) is 9.68. The van der Waals surface area contributed by atoms with Crippen molar-refractivity contribution in [3.05, 3.63) is 35.9 Å². The molecule has 2 amide bonds. The van der Waals surface area contributed by atoms with Crippen LogP contribution in [0.1, 0.15) is 37.7 Å². The number of likely N-dealkylation sites (tertiary alicyclic amines) is 2. The number of benzene rings is 1. The first-order valence-electron chi connectivity index (χ1n) is 9.82. The van der Waals surface area contributed by atoms with Crippen molar-refractivity contribution in [3.8, 4) is 0 Å². The molecule has 2 heterocycles. The predicted molar refractivity (Wildman–Crippen MR) is 98.9 cm³/mol. The summed E-state index contributed by atoms with van der Waals surface area (Å²) in [7, 11) is 0. The van der Waals surface area contributed by atoms with Crippen LogP contribution in [0.5, 0.6) is 0 Å². The fraction of sp³-hybridized carbons (Fsp3) is 0.571. The minimum absolute atomic E-state index is 0.123. The van der Waals surface area contributed by atoms with E-state index in [0.717, 1.165) is 31.2 Å². The van der Waals surface area contributed by atoms with Crippen LogP contribution in [-0.2, 0) is 20.8 Å². The Hall–Kier alpha value is -2.37. The van der Waals surface area contributed by atoms with Gasteiger partial charge in [-0.25, -0.2) is 4.79 Å². The molecule has 1 atom stereocenters. The molecule has 0 bridgehead atoms. The SMILES string of the molecule is O=C(O)[C@H]1CC2(CCN(C(=O)C3CC3)CC2)CN1C(=O)Cc1ccccc1. The molecule has 2 saturated heterocycles. The third-order valence-electron chi connectivity index (χ3n) is 6.37. The molecule has 4 rings (SSSR count). The van der Waals surface area contributed by atoms with Crippen LogP contribution in [0.15, 0.2) is 30.3 Å². The molecule has 0 unspecified atom stereocenters. The maximum absolute atomic E-state index is 12.8. The van der Waals surface area contributed by atoms with Crippen LogP contribution >= 0.6 is 0 Å². The summed E-state index contributed by atoms with van der Waals surface area (Å²) in [6.07, 6.45) is 4.29. The molecule has 6 nitrogen and oxygen atoms in total. The maximum Gasteiger partial charge on any atom is 0.326 e. The second-order valence-corrected chi connectivity index (χ2v) is 8.34. The van der Waals surface area contributed by atoms with Crippen molar-refractivity contribution in [2.24, 2.45) is 11.3 Å². The Labute approximate surface area is 159 Å². The highest BCUT2D eigenvalue weighted by molar-refractivity contribution is 5.86. The van der Waals surface area contributed by atoms with E-state index in [4.69, 9.17) is 0 Å². The van der Waals surface area contributed by atoms with E-state index in [1.165, 1.54) is 0 Å². The van der Waals surface area contributed by atoms with Crippen molar-refractivity contribution in [2.45, 2.75) is 44.6 Å². The molecular formula is C21H26N2O4. The molecule has 6 heteroatoms. The van der Waals surface area contributed by atoms with Gasteiger partial charge in [-0.1, -0.05) is 30.3 Å². The Bertz CT molecular complexity index is 736. The van der Waals surface area contributed by atoms with E-state index in [9.17, 15) is 19.5 Å². The predicted octanol–water partition coefficient (Wildman–Crippen LogP) is 1.93. The van der Waals surface area contributed by atoms with Gasteiger partial charge >= 0.3 is 5.97 Å². The molecular weight excluding hydrogens is 344 g/mol. The van der Waals surface area contributed by atoms with Gasteiger partial charge in [-0.3, -0.25) is 9.59 Å². The number of carboxylic acid groups (broad SMARTS) is 1. The lowest BCUT2D eigenvalue weighted by Crippen LogP contribution is -2.45. The zero-order valence-corrected chi connectivity index (χ0v) is 15.5. The number of rotatable bonds is 4. The van der Waals surface area contributed by atoms with Crippen LogP contribution in [0.2, 0.25) is 0 Å². The minimum atomic E-state index is -0.926. The summed E-state index contributed by atoms with van der Waals surface area (Å²) < 4.78 is 0. The third kappa shape index (κ3) is 3.70. The van der Waals surface area contributed by atoms with Gasteiger partial charge in [0.1, 0.15) is 6.04 Å². The molecule has 1 aromatic rings. The van der Waals surface area contributed by atoms with Crippen molar-refractivity contribution >= 4 is 17.8 Å². The van der Waals surface area contributed by atoms with E-state index >= 15 is 0 Å². The highest BCUT2D eigenvalue weighted by Gasteiger charge is 2.50. The lowest BCUT2D eigenvalue weighted by Gasteiger charge is -2.39. The number of hydrogen-bond acceptors (Lipinski definition) is 3. The van der Waals surface area contributed by atoms with E-state index in [2.05, 4.69) is 0 Å². The van der Waals surface area contributed by atoms with Gasteiger partial charge in [0.15, 0.2) is 0 Å². The molecule has 0 aromatic heterocycles. The van der Waals surface area contributed by atoms with Crippen molar-refractivity contribution in [1.82, 2.24) is 9.80 Å². The van der Waals surface area contributed by atoms with Crippen LogP contribution in [0.3, 0.4) is 0 Å². The van der Waals surface area contributed by atoms with Crippen LogP contribution in [0, 0.1) is 11.3 Å². The zero-order valence-electron chi connectivity index (χ0n) is 15.5. The number of piperidine rings is 1. The quantitative estimate of drug-likeness (QED) is 0.879. The van der Waals surface area contributed by atoms with Gasteiger partial charge in [0, 0.05) is 25.6 Å². The average molecular weight is 370 g/mol. The highest BCUT2D eigenvalue weighted by atomic mass is 16.4. The molecule has 0 radical (unpaired) electrons. The third-order valence-corrected chi connectivity index (χ3v) is 6.37. The van der Waals surface area contributed by atoms with Crippen molar-refractivity contribution in [1.29, 1.82) is 0 Å². The summed E-state index contributed by atoms with van der Waals surface area (Å²) >= 11 is 0. The Morgan fingerprint density at radius 3 is 2.33 bits per heavy atom. The van der Waals surface area contributed by atoms with E-state index in [1.54, 1.807) is 4.90 Å². The van der Waals surface area contributed by atoms with E-state index in [0.29, 0.717) is 26.1 Å². The molecule has 1 aliphatic carbocycles.